The molecule has 3 heterocycles. The van der Waals surface area contributed by atoms with E-state index >= 15 is 0 Å². The Labute approximate surface area is 216 Å². The third-order valence-electron chi connectivity index (χ3n) is 5.95. The van der Waals surface area contributed by atoms with Crippen molar-refractivity contribution in [2.24, 2.45) is 0 Å². The van der Waals surface area contributed by atoms with E-state index in [1.165, 1.54) is 17.7 Å². The van der Waals surface area contributed by atoms with Gasteiger partial charge in [0.15, 0.2) is 11.5 Å². The summed E-state index contributed by atoms with van der Waals surface area (Å²) in [6, 6.07) is 9.36. The Morgan fingerprint density at radius 1 is 0.973 bits per heavy atom. The van der Waals surface area contributed by atoms with Gasteiger partial charge in [0.25, 0.3) is 5.91 Å². The highest BCUT2D eigenvalue weighted by Crippen LogP contribution is 2.41. The summed E-state index contributed by atoms with van der Waals surface area (Å²) in [5.74, 6) is 2.19. The number of methoxy groups -OCH3 is 3. The van der Waals surface area contributed by atoms with Crippen LogP contribution in [0.1, 0.15) is 15.9 Å². The Bertz CT molecular complexity index is 1630. The quantitative estimate of drug-likeness (QED) is 0.268. The Balaban J connectivity index is 1.53. The van der Waals surface area contributed by atoms with Crippen LogP contribution in [0.2, 0.25) is 0 Å². The molecule has 4 N–H and O–H groups in total. The average molecular weight is 517 g/mol. The minimum atomic E-state index is -0.282. The molecule has 37 heavy (non-hydrogen) atoms. The van der Waals surface area contributed by atoms with Gasteiger partial charge in [0.05, 0.1) is 42.8 Å². The number of carbonyl (C=O) groups is 1. The molecule has 2 aromatic carbocycles. The predicted octanol–water partition coefficient (Wildman–Crippen LogP) is 5.15. The van der Waals surface area contributed by atoms with Gasteiger partial charge in [-0.1, -0.05) is 12.1 Å². The number of hydrogen-bond donors (Lipinski definition) is 3. The molecule has 5 aromatic rings. The summed E-state index contributed by atoms with van der Waals surface area (Å²) < 4.78 is 17.0. The van der Waals surface area contributed by atoms with Crippen LogP contribution in [-0.2, 0) is 0 Å². The van der Waals surface area contributed by atoms with E-state index in [4.69, 9.17) is 19.9 Å². The number of hydrogen-bond acceptors (Lipinski definition) is 10. The maximum Gasteiger partial charge on any atom is 0.258 e. The Morgan fingerprint density at radius 2 is 1.73 bits per heavy atom. The zero-order chi connectivity index (χ0) is 26.1. The zero-order valence-corrected chi connectivity index (χ0v) is 21.4. The van der Waals surface area contributed by atoms with E-state index in [1.54, 1.807) is 45.0 Å². The third-order valence-corrected chi connectivity index (χ3v) is 6.94. The molecule has 0 fully saturated rings. The first-order valence-corrected chi connectivity index (χ1v) is 12.1. The van der Waals surface area contributed by atoms with E-state index in [1.807, 2.05) is 25.1 Å². The highest BCUT2D eigenvalue weighted by molar-refractivity contribution is 7.18. The van der Waals surface area contributed by atoms with Crippen LogP contribution >= 0.6 is 11.3 Å². The molecule has 3 aromatic heterocycles. The number of anilines is 4. The van der Waals surface area contributed by atoms with Crippen molar-refractivity contribution in [2.45, 2.75) is 6.92 Å². The van der Waals surface area contributed by atoms with Crippen LogP contribution in [0.5, 0.6) is 17.2 Å². The number of aromatic nitrogens is 3. The number of pyridine rings is 1. The maximum atomic E-state index is 13.3. The van der Waals surface area contributed by atoms with E-state index in [2.05, 4.69) is 25.6 Å². The summed E-state index contributed by atoms with van der Waals surface area (Å²) >= 11 is 1.34. The fraction of sp³-hybridized carbons (Fsp3) is 0.154. The number of thiophene rings is 1. The standard InChI is InChI=1S/C26H24N6O4S/c1-13-5-6-16-15(20(13)32-26(33)17-11-37-23-21(17)29-12-30-24(23)27)7-8-28-25(16)31-14-9-18(34-2)22(36-4)19(10-14)35-3/h5-12H,1-4H3,(H,28,31)(H,32,33)(H2,27,29,30). The topological polar surface area (TPSA) is 134 Å². The van der Waals surface area contributed by atoms with Gasteiger partial charge in [0.1, 0.15) is 18.0 Å². The summed E-state index contributed by atoms with van der Waals surface area (Å²) in [6.45, 7) is 1.94. The fourth-order valence-corrected chi connectivity index (χ4v) is 5.03. The Kier molecular flexibility index (Phi) is 6.36. The van der Waals surface area contributed by atoms with E-state index in [0.29, 0.717) is 56.0 Å². The molecule has 0 aliphatic carbocycles. The normalized spacial score (nSPS) is 10.9. The van der Waals surface area contributed by atoms with Crippen LogP contribution in [-0.4, -0.2) is 42.2 Å². The van der Waals surface area contributed by atoms with Gasteiger partial charge in [-0.25, -0.2) is 15.0 Å². The second-order valence-electron chi connectivity index (χ2n) is 8.09. The van der Waals surface area contributed by atoms with Crippen LogP contribution in [0.25, 0.3) is 21.0 Å². The molecule has 11 heteroatoms. The molecule has 10 nitrogen and oxygen atoms in total. The number of rotatable bonds is 7. The predicted molar refractivity (Wildman–Crippen MR) is 146 cm³/mol. The van der Waals surface area contributed by atoms with Crippen LogP contribution in [0.15, 0.2) is 48.2 Å². The van der Waals surface area contributed by atoms with Crippen molar-refractivity contribution in [3.05, 3.63) is 59.4 Å². The Hall–Kier alpha value is -4.64. The second kappa shape index (κ2) is 9.78. The SMILES string of the molecule is COc1cc(Nc2nccc3c(NC(=O)c4csc5c(N)ncnc45)c(C)ccc23)cc(OC)c1OC. The van der Waals surface area contributed by atoms with Crippen LogP contribution in [0.4, 0.5) is 23.0 Å². The summed E-state index contributed by atoms with van der Waals surface area (Å²) in [7, 11) is 4.68. The minimum absolute atomic E-state index is 0.282. The molecule has 0 bridgehead atoms. The molecule has 0 saturated heterocycles. The first-order chi connectivity index (χ1) is 17.9. The van der Waals surface area contributed by atoms with Crippen LogP contribution in [0, 0.1) is 6.92 Å². The van der Waals surface area contributed by atoms with E-state index in [9.17, 15) is 4.79 Å². The van der Waals surface area contributed by atoms with Crippen LogP contribution < -0.4 is 30.6 Å². The van der Waals surface area contributed by atoms with Gasteiger partial charge in [0.2, 0.25) is 5.75 Å². The largest absolute Gasteiger partial charge is 0.493 e. The van der Waals surface area contributed by atoms with Crippen molar-refractivity contribution in [1.29, 1.82) is 0 Å². The monoisotopic (exact) mass is 516 g/mol. The van der Waals surface area contributed by atoms with Gasteiger partial charge in [-0.2, -0.15) is 0 Å². The number of nitrogens with two attached hydrogens (primary N) is 1. The number of benzene rings is 2. The zero-order valence-electron chi connectivity index (χ0n) is 20.6. The highest BCUT2D eigenvalue weighted by Gasteiger charge is 2.19. The second-order valence-corrected chi connectivity index (χ2v) is 8.97. The number of ether oxygens (including phenoxy) is 3. The summed E-state index contributed by atoms with van der Waals surface area (Å²) in [5.41, 5.74) is 9.19. The van der Waals surface area contributed by atoms with Crippen molar-refractivity contribution in [3.63, 3.8) is 0 Å². The first kappa shape index (κ1) is 24.1. The smallest absolute Gasteiger partial charge is 0.258 e. The number of fused-ring (bicyclic) bond motifs is 2. The molecular formula is C26H24N6O4S. The average Bonchev–Trinajstić information content (AvgIpc) is 3.35. The van der Waals surface area contributed by atoms with Gasteiger partial charge < -0.3 is 30.6 Å². The van der Waals surface area contributed by atoms with E-state index in [-0.39, 0.29) is 5.91 Å². The molecule has 0 aliphatic heterocycles. The lowest BCUT2D eigenvalue weighted by molar-refractivity contribution is 0.102. The molecule has 0 unspecified atom stereocenters. The van der Waals surface area contributed by atoms with Crippen molar-refractivity contribution >= 4 is 61.2 Å². The molecule has 1 amide bonds. The number of nitrogens with one attached hydrogen (secondary N) is 2. The molecule has 0 radical (unpaired) electrons. The van der Waals surface area contributed by atoms with Crippen molar-refractivity contribution < 1.29 is 19.0 Å². The van der Waals surface area contributed by atoms with Gasteiger partial charge in [-0.3, -0.25) is 4.79 Å². The van der Waals surface area contributed by atoms with E-state index < -0.39 is 0 Å². The molecular weight excluding hydrogens is 492 g/mol. The number of amides is 1. The van der Waals surface area contributed by atoms with Gasteiger partial charge >= 0.3 is 0 Å². The highest BCUT2D eigenvalue weighted by atomic mass is 32.1. The molecule has 0 aliphatic rings. The molecule has 0 saturated carbocycles. The number of nitrogens with zero attached hydrogens (tertiary/aromatic N) is 3. The lowest BCUT2D eigenvalue weighted by Gasteiger charge is -2.17. The number of nitrogen functional groups attached to an aromatic ring is 1. The van der Waals surface area contributed by atoms with Crippen molar-refractivity contribution in [1.82, 2.24) is 15.0 Å². The number of carbonyl (C=O) groups excluding carboxylic acids is 1. The van der Waals surface area contributed by atoms with Gasteiger partial charge in [-0.05, 0) is 18.6 Å². The van der Waals surface area contributed by atoms with E-state index in [0.717, 1.165) is 16.3 Å². The Morgan fingerprint density at radius 3 is 2.43 bits per heavy atom. The van der Waals surface area contributed by atoms with Gasteiger partial charge in [0, 0.05) is 40.2 Å². The summed E-state index contributed by atoms with van der Waals surface area (Å²) in [5, 5.41) is 9.79. The minimum Gasteiger partial charge on any atom is -0.493 e. The van der Waals surface area contributed by atoms with Crippen molar-refractivity contribution in [3.8, 4) is 17.2 Å². The molecule has 188 valence electrons. The van der Waals surface area contributed by atoms with Crippen LogP contribution in [0.3, 0.4) is 0 Å². The molecule has 5 rings (SSSR count). The maximum absolute atomic E-state index is 13.3. The summed E-state index contributed by atoms with van der Waals surface area (Å²) in [4.78, 5) is 26.1. The fourth-order valence-electron chi connectivity index (χ4n) is 4.13. The first-order valence-electron chi connectivity index (χ1n) is 11.2. The number of aryl methyl sites for hydroxylation is 1. The summed E-state index contributed by atoms with van der Waals surface area (Å²) in [6.07, 6.45) is 3.04. The molecule has 0 spiro atoms. The van der Waals surface area contributed by atoms with Gasteiger partial charge in [-0.15, -0.1) is 11.3 Å². The third kappa shape index (κ3) is 4.29. The lowest BCUT2D eigenvalue weighted by Crippen LogP contribution is -2.13. The van der Waals surface area contributed by atoms with Crippen molar-refractivity contribution in [2.75, 3.05) is 37.7 Å². The lowest BCUT2D eigenvalue weighted by atomic mass is 10.0. The molecule has 0 atom stereocenters.